The summed E-state index contributed by atoms with van der Waals surface area (Å²) in [6, 6.07) is 4.44. The van der Waals surface area contributed by atoms with Crippen LogP contribution in [0.4, 0.5) is 9.59 Å². The van der Waals surface area contributed by atoms with Gasteiger partial charge in [-0.05, 0) is 24.8 Å². The number of benzene rings is 1. The van der Waals surface area contributed by atoms with E-state index in [9.17, 15) is 33.9 Å². The summed E-state index contributed by atoms with van der Waals surface area (Å²) in [5.41, 5.74) is 11.8. The van der Waals surface area contributed by atoms with Gasteiger partial charge >= 0.3 is 12.1 Å². The van der Waals surface area contributed by atoms with Crippen LogP contribution in [0.3, 0.4) is 0 Å². The number of hydrogen-bond donors (Lipinski definition) is 3. The molecular formula is C24H24N4O8. The molecule has 0 bridgehead atoms. The van der Waals surface area contributed by atoms with Crippen LogP contribution in [0.2, 0.25) is 0 Å². The van der Waals surface area contributed by atoms with Crippen LogP contribution in [0.1, 0.15) is 24.3 Å². The Kier molecular flexibility index (Phi) is 5.62. The summed E-state index contributed by atoms with van der Waals surface area (Å²) in [6.45, 7) is -0.279. The van der Waals surface area contributed by atoms with E-state index in [2.05, 4.69) is 0 Å². The molecule has 1 aromatic carbocycles. The van der Waals surface area contributed by atoms with Gasteiger partial charge in [0.2, 0.25) is 23.6 Å². The Morgan fingerprint density at radius 1 is 0.889 bits per heavy atom. The number of fused-ring (bicyclic) bond motifs is 4. The normalized spacial score (nSPS) is 31.1. The highest BCUT2D eigenvalue weighted by Crippen LogP contribution is 2.58. The summed E-state index contributed by atoms with van der Waals surface area (Å²) in [4.78, 5) is 77.3. The maximum absolute atomic E-state index is 13.4. The summed E-state index contributed by atoms with van der Waals surface area (Å²) < 4.78 is 5.71. The number of ether oxygens (including phenoxy) is 1. The highest BCUT2D eigenvalue weighted by molar-refractivity contribution is 6.18. The van der Waals surface area contributed by atoms with Gasteiger partial charge in [0.15, 0.2) is 0 Å². The number of para-hydroxylation sites is 1. The molecule has 1 saturated carbocycles. The average Bonchev–Trinajstić information content (AvgIpc) is 3.25. The van der Waals surface area contributed by atoms with E-state index < -0.39 is 71.2 Å². The summed E-state index contributed by atoms with van der Waals surface area (Å²) in [6.07, 6.45) is 1.93. The summed E-state index contributed by atoms with van der Waals surface area (Å²) >= 11 is 0. The monoisotopic (exact) mass is 496 g/mol. The molecule has 2 saturated heterocycles. The fraction of sp³-hybridized carbons (Fsp3) is 0.417. The molecule has 12 nitrogen and oxygen atoms in total. The molecule has 0 spiro atoms. The molecular weight excluding hydrogens is 472 g/mol. The Morgan fingerprint density at radius 3 is 2.14 bits per heavy atom. The number of urea groups is 2. The van der Waals surface area contributed by atoms with Crippen molar-refractivity contribution in [3.05, 3.63) is 41.5 Å². The second-order valence-electron chi connectivity index (χ2n) is 9.33. The van der Waals surface area contributed by atoms with E-state index >= 15 is 0 Å². The maximum Gasteiger partial charge on any atom is 0.328 e. The highest BCUT2D eigenvalue weighted by Gasteiger charge is 2.63. The van der Waals surface area contributed by atoms with Crippen molar-refractivity contribution in [1.82, 2.24) is 9.80 Å². The van der Waals surface area contributed by atoms with Gasteiger partial charge in [-0.2, -0.15) is 9.80 Å². The molecule has 2 aliphatic carbocycles. The first-order valence-corrected chi connectivity index (χ1v) is 11.6. The Morgan fingerprint density at radius 2 is 1.50 bits per heavy atom. The number of primary amides is 2. The summed E-state index contributed by atoms with van der Waals surface area (Å²) in [5, 5.41) is 9.26. The third kappa shape index (κ3) is 3.24. The lowest BCUT2D eigenvalue weighted by atomic mass is 9.57. The fourth-order valence-electron chi connectivity index (χ4n) is 6.40. The van der Waals surface area contributed by atoms with Crippen LogP contribution in [-0.4, -0.2) is 63.8 Å². The van der Waals surface area contributed by atoms with Crippen LogP contribution in [0.5, 0.6) is 5.75 Å². The lowest BCUT2D eigenvalue weighted by Gasteiger charge is -2.44. The van der Waals surface area contributed by atoms with Gasteiger partial charge in [0, 0.05) is 11.5 Å². The first kappa shape index (κ1) is 23.7. The molecule has 0 unspecified atom stereocenters. The van der Waals surface area contributed by atoms with E-state index in [1.165, 1.54) is 0 Å². The van der Waals surface area contributed by atoms with Gasteiger partial charge in [-0.3, -0.25) is 19.2 Å². The molecule has 2 heterocycles. The molecule has 4 aliphatic rings. The Bertz CT molecular complexity index is 1240. The first-order chi connectivity index (χ1) is 17.2. The Balaban J connectivity index is 1.66. The highest BCUT2D eigenvalue weighted by atomic mass is 16.5. The van der Waals surface area contributed by atoms with Crippen LogP contribution in [0.15, 0.2) is 35.9 Å². The SMILES string of the molecule is NC(=O)N1C(=O)[C@H]2[C@H](CC=C3[C@H]2C[C@H]2C(=O)N(C(N)=O)C(=O)[C@H]2[C@H]3c2ccccc2OCCO)C1=O. The number of carbonyl (C=O) groups is 6. The molecule has 12 heteroatoms. The van der Waals surface area contributed by atoms with E-state index in [1.807, 2.05) is 0 Å². The van der Waals surface area contributed by atoms with E-state index in [1.54, 1.807) is 30.3 Å². The zero-order valence-corrected chi connectivity index (χ0v) is 19.0. The van der Waals surface area contributed by atoms with Crippen molar-refractivity contribution in [2.24, 2.45) is 41.1 Å². The third-order valence-electron chi connectivity index (χ3n) is 7.69. The van der Waals surface area contributed by atoms with Crippen molar-refractivity contribution >= 4 is 35.7 Å². The second-order valence-corrected chi connectivity index (χ2v) is 9.33. The van der Waals surface area contributed by atoms with Gasteiger partial charge in [-0.15, -0.1) is 0 Å². The topological polar surface area (TPSA) is 190 Å². The second kappa shape index (κ2) is 8.55. The molecule has 36 heavy (non-hydrogen) atoms. The largest absolute Gasteiger partial charge is 0.491 e. The minimum atomic E-state index is -1.19. The van der Waals surface area contributed by atoms with Crippen LogP contribution in [0.25, 0.3) is 0 Å². The maximum atomic E-state index is 13.4. The van der Waals surface area contributed by atoms with Gasteiger partial charge in [0.05, 0.1) is 30.3 Å². The van der Waals surface area contributed by atoms with E-state index in [0.717, 1.165) is 0 Å². The average molecular weight is 496 g/mol. The van der Waals surface area contributed by atoms with Crippen molar-refractivity contribution in [1.29, 1.82) is 0 Å². The van der Waals surface area contributed by atoms with Crippen LogP contribution < -0.4 is 16.2 Å². The number of amides is 8. The Labute approximate surface area is 204 Å². The van der Waals surface area contributed by atoms with Crippen molar-refractivity contribution in [3.8, 4) is 5.75 Å². The van der Waals surface area contributed by atoms with E-state index in [0.29, 0.717) is 26.7 Å². The predicted molar refractivity (Wildman–Crippen MR) is 119 cm³/mol. The lowest BCUT2D eigenvalue weighted by Crippen LogP contribution is -2.44. The number of aliphatic hydroxyl groups is 1. The minimum Gasteiger partial charge on any atom is -0.491 e. The zero-order chi connectivity index (χ0) is 25.9. The van der Waals surface area contributed by atoms with Gasteiger partial charge in [0.25, 0.3) is 0 Å². The number of likely N-dealkylation sites (tertiary alicyclic amines) is 2. The van der Waals surface area contributed by atoms with Crippen molar-refractivity contribution in [3.63, 3.8) is 0 Å². The first-order valence-electron chi connectivity index (χ1n) is 11.6. The van der Waals surface area contributed by atoms with Crippen LogP contribution in [-0.2, 0) is 19.2 Å². The van der Waals surface area contributed by atoms with Crippen molar-refractivity contribution < 1.29 is 38.6 Å². The predicted octanol–water partition coefficient (Wildman–Crippen LogP) is -0.149. The lowest BCUT2D eigenvalue weighted by molar-refractivity contribution is -0.138. The molecule has 0 aromatic heterocycles. The molecule has 1 aromatic rings. The van der Waals surface area contributed by atoms with E-state index in [4.69, 9.17) is 16.2 Å². The number of nitrogens with two attached hydrogens (primary N) is 2. The molecule has 5 rings (SSSR count). The molecule has 3 fully saturated rings. The van der Waals surface area contributed by atoms with Gasteiger partial charge in [-0.25, -0.2) is 9.59 Å². The number of carbonyl (C=O) groups excluding carboxylic acids is 6. The van der Waals surface area contributed by atoms with Gasteiger partial charge in [0.1, 0.15) is 12.4 Å². The fourth-order valence-corrected chi connectivity index (χ4v) is 6.40. The number of imide groups is 6. The number of allylic oxidation sites excluding steroid dienone is 2. The zero-order valence-electron chi connectivity index (χ0n) is 19.0. The smallest absolute Gasteiger partial charge is 0.328 e. The van der Waals surface area contributed by atoms with Crippen molar-refractivity contribution in [2.75, 3.05) is 13.2 Å². The number of rotatable bonds is 4. The molecule has 8 amide bonds. The summed E-state index contributed by atoms with van der Waals surface area (Å²) in [7, 11) is 0. The molecule has 188 valence electrons. The van der Waals surface area contributed by atoms with Crippen LogP contribution in [0, 0.1) is 29.6 Å². The third-order valence-corrected chi connectivity index (χ3v) is 7.69. The number of hydrogen-bond acceptors (Lipinski definition) is 8. The molecule has 2 aliphatic heterocycles. The molecule has 0 radical (unpaired) electrons. The van der Waals surface area contributed by atoms with Gasteiger partial charge < -0.3 is 21.3 Å². The minimum absolute atomic E-state index is 0.0216. The number of aliphatic hydroxyl groups excluding tert-OH is 1. The Hall–Kier alpha value is -4.06. The van der Waals surface area contributed by atoms with Crippen molar-refractivity contribution in [2.45, 2.75) is 18.8 Å². The van der Waals surface area contributed by atoms with Gasteiger partial charge in [-0.1, -0.05) is 29.8 Å². The molecule has 6 atom stereocenters. The van der Waals surface area contributed by atoms with E-state index in [-0.39, 0.29) is 26.1 Å². The standard InChI is InChI=1S/C24H24N4O8/c25-23(34)27-19(30)12-6-5-10-13(17(12)21(27)32)9-14-18(22(33)28(20(14)31)24(26)35)16(10)11-3-1-2-4-15(11)36-8-7-29/h1-5,12-14,16-18,29H,6-9H2,(H2,25,34)(H2,26,35)/t12-,13+,14+,16+,17-,18+/m0/s1. The summed E-state index contributed by atoms with van der Waals surface area (Å²) in [5.74, 6) is -7.72. The number of nitrogens with zero attached hydrogens (tertiary/aromatic N) is 2. The quantitative estimate of drug-likeness (QED) is 0.379. The molecule has 5 N–H and O–H groups in total. The van der Waals surface area contributed by atoms with Crippen LogP contribution >= 0.6 is 0 Å².